The van der Waals surface area contributed by atoms with Crippen molar-refractivity contribution in [3.8, 4) is 0 Å². The van der Waals surface area contributed by atoms with Crippen LogP contribution in [0, 0.1) is 17.0 Å². The van der Waals surface area contributed by atoms with E-state index in [1.54, 1.807) is 0 Å². The minimum atomic E-state index is -3.85. The van der Waals surface area contributed by atoms with Crippen molar-refractivity contribution in [1.82, 2.24) is 9.62 Å². The minimum absolute atomic E-state index is 0. The fourth-order valence-electron chi connectivity index (χ4n) is 2.76. The number of piperazine rings is 1. The highest BCUT2D eigenvalue weighted by Gasteiger charge is 2.30. The maximum atomic E-state index is 13.1. The van der Waals surface area contributed by atoms with Crippen LogP contribution in [0.1, 0.15) is 5.56 Å². The van der Waals surface area contributed by atoms with E-state index in [1.807, 2.05) is 31.2 Å². The van der Waals surface area contributed by atoms with E-state index in [9.17, 15) is 18.5 Å². The van der Waals surface area contributed by atoms with Gasteiger partial charge in [-0.2, -0.15) is 4.31 Å². The van der Waals surface area contributed by atoms with Crippen LogP contribution < -0.4 is 10.6 Å². The van der Waals surface area contributed by atoms with Gasteiger partial charge in [0, 0.05) is 44.0 Å². The van der Waals surface area contributed by atoms with Crippen LogP contribution in [0.5, 0.6) is 0 Å². The Morgan fingerprint density at radius 1 is 1.11 bits per heavy atom. The molecule has 1 aliphatic heterocycles. The molecule has 3 rings (SSSR count). The molecule has 27 heavy (non-hydrogen) atoms. The van der Waals surface area contributed by atoms with E-state index < -0.39 is 14.9 Å². The zero-order chi connectivity index (χ0) is 18.7. The summed E-state index contributed by atoms with van der Waals surface area (Å²) in [7, 11) is -3.85. The number of nitrogens with zero attached hydrogens (tertiary/aromatic N) is 2. The normalized spacial score (nSPS) is 15.0. The Kier molecular flexibility index (Phi) is 6.77. The van der Waals surface area contributed by atoms with Gasteiger partial charge in [-0.3, -0.25) is 10.1 Å². The van der Waals surface area contributed by atoms with Gasteiger partial charge in [0.2, 0.25) is 10.0 Å². The Labute approximate surface area is 164 Å². The van der Waals surface area contributed by atoms with E-state index in [-0.39, 0.29) is 23.0 Å². The summed E-state index contributed by atoms with van der Waals surface area (Å²) in [5.74, 6) is 0. The van der Waals surface area contributed by atoms with Crippen molar-refractivity contribution in [3.63, 3.8) is 0 Å². The number of nitro benzene ring substituents is 1. The third-order valence-electron chi connectivity index (χ3n) is 4.20. The first-order valence-electron chi connectivity index (χ1n) is 8.21. The summed E-state index contributed by atoms with van der Waals surface area (Å²) in [6.45, 7) is 3.71. The van der Waals surface area contributed by atoms with E-state index in [0.717, 1.165) is 11.6 Å². The summed E-state index contributed by atoms with van der Waals surface area (Å²) in [5.41, 5.74) is 1.85. The molecular formula is C17H21ClN4O4S. The predicted molar refractivity (Wildman–Crippen MR) is 106 cm³/mol. The van der Waals surface area contributed by atoms with Gasteiger partial charge in [-0.05, 0) is 25.1 Å². The van der Waals surface area contributed by atoms with Crippen LogP contribution in [-0.2, 0) is 10.0 Å². The second-order valence-electron chi connectivity index (χ2n) is 6.08. The first-order valence-corrected chi connectivity index (χ1v) is 9.65. The zero-order valence-corrected chi connectivity index (χ0v) is 16.3. The van der Waals surface area contributed by atoms with E-state index in [4.69, 9.17) is 0 Å². The molecule has 2 aromatic rings. The van der Waals surface area contributed by atoms with Gasteiger partial charge in [0.05, 0.1) is 10.6 Å². The number of halogens is 1. The molecule has 2 N–H and O–H groups in total. The summed E-state index contributed by atoms with van der Waals surface area (Å²) in [5, 5.41) is 17.3. The van der Waals surface area contributed by atoms with Crippen molar-refractivity contribution < 1.29 is 13.3 Å². The molecule has 0 amide bonds. The Bertz CT molecular complexity index is 913. The highest BCUT2D eigenvalue weighted by molar-refractivity contribution is 7.89. The number of sulfonamides is 1. The number of nitro groups is 1. The van der Waals surface area contributed by atoms with Crippen molar-refractivity contribution in [2.24, 2.45) is 0 Å². The van der Waals surface area contributed by atoms with Gasteiger partial charge in [-0.15, -0.1) is 12.4 Å². The van der Waals surface area contributed by atoms with Gasteiger partial charge in [-0.25, -0.2) is 8.42 Å². The third kappa shape index (κ3) is 4.75. The number of hydrogen-bond acceptors (Lipinski definition) is 6. The van der Waals surface area contributed by atoms with Gasteiger partial charge < -0.3 is 10.6 Å². The molecule has 1 fully saturated rings. The van der Waals surface area contributed by atoms with Crippen LogP contribution in [-0.4, -0.2) is 43.8 Å². The molecule has 8 nitrogen and oxygen atoms in total. The van der Waals surface area contributed by atoms with Crippen molar-refractivity contribution in [3.05, 3.63) is 58.1 Å². The number of nitrogens with one attached hydrogen (secondary N) is 2. The second-order valence-corrected chi connectivity index (χ2v) is 7.99. The molecule has 0 radical (unpaired) electrons. The largest absolute Gasteiger partial charge is 0.354 e. The molecule has 0 unspecified atom stereocenters. The monoisotopic (exact) mass is 412 g/mol. The lowest BCUT2D eigenvalue weighted by atomic mass is 10.2. The molecule has 1 heterocycles. The summed E-state index contributed by atoms with van der Waals surface area (Å²) in [6, 6.07) is 11.3. The van der Waals surface area contributed by atoms with Crippen LogP contribution in [0.3, 0.4) is 0 Å². The van der Waals surface area contributed by atoms with Gasteiger partial charge in [0.15, 0.2) is 0 Å². The van der Waals surface area contributed by atoms with Crippen molar-refractivity contribution in [2.45, 2.75) is 11.8 Å². The van der Waals surface area contributed by atoms with Crippen molar-refractivity contribution in [2.75, 3.05) is 31.5 Å². The molecule has 0 spiro atoms. The van der Waals surface area contributed by atoms with E-state index in [2.05, 4.69) is 10.6 Å². The lowest BCUT2D eigenvalue weighted by molar-refractivity contribution is -0.385. The molecule has 2 aromatic carbocycles. The molecule has 1 saturated heterocycles. The van der Waals surface area contributed by atoms with Crippen LogP contribution >= 0.6 is 12.4 Å². The number of aryl methyl sites for hydroxylation is 1. The quantitative estimate of drug-likeness (QED) is 0.577. The van der Waals surface area contributed by atoms with Crippen molar-refractivity contribution in [1.29, 1.82) is 0 Å². The summed E-state index contributed by atoms with van der Waals surface area (Å²) < 4.78 is 27.5. The van der Waals surface area contributed by atoms with E-state index >= 15 is 0 Å². The zero-order valence-electron chi connectivity index (χ0n) is 14.7. The predicted octanol–water partition coefficient (Wildman–Crippen LogP) is 2.66. The van der Waals surface area contributed by atoms with Gasteiger partial charge in [0.1, 0.15) is 4.90 Å². The summed E-state index contributed by atoms with van der Waals surface area (Å²) in [4.78, 5) is 10.5. The number of benzene rings is 2. The minimum Gasteiger partial charge on any atom is -0.354 e. The lowest BCUT2D eigenvalue weighted by Crippen LogP contribution is -2.46. The Morgan fingerprint density at radius 3 is 2.33 bits per heavy atom. The number of rotatable bonds is 5. The van der Waals surface area contributed by atoms with Crippen LogP contribution in [0.2, 0.25) is 0 Å². The van der Waals surface area contributed by atoms with E-state index in [1.165, 1.54) is 16.4 Å². The third-order valence-corrected chi connectivity index (χ3v) is 6.14. The van der Waals surface area contributed by atoms with Crippen LogP contribution in [0.15, 0.2) is 47.4 Å². The second kappa shape index (κ2) is 8.66. The first kappa shape index (κ1) is 21.1. The maximum Gasteiger partial charge on any atom is 0.270 e. The summed E-state index contributed by atoms with van der Waals surface area (Å²) in [6.07, 6.45) is 0. The van der Waals surface area contributed by atoms with Crippen molar-refractivity contribution >= 4 is 39.5 Å². The Hall–Kier alpha value is -2.20. The number of anilines is 2. The highest BCUT2D eigenvalue weighted by Crippen LogP contribution is 2.31. The summed E-state index contributed by atoms with van der Waals surface area (Å²) >= 11 is 0. The molecule has 10 heteroatoms. The fourth-order valence-corrected chi connectivity index (χ4v) is 4.37. The molecule has 0 aromatic heterocycles. The van der Waals surface area contributed by atoms with Gasteiger partial charge >= 0.3 is 0 Å². The highest BCUT2D eigenvalue weighted by atomic mass is 35.5. The lowest BCUT2D eigenvalue weighted by Gasteiger charge is -2.27. The Morgan fingerprint density at radius 2 is 1.74 bits per heavy atom. The van der Waals surface area contributed by atoms with Crippen LogP contribution in [0.25, 0.3) is 0 Å². The molecular weight excluding hydrogens is 392 g/mol. The smallest absolute Gasteiger partial charge is 0.270 e. The molecule has 0 bridgehead atoms. The topological polar surface area (TPSA) is 105 Å². The maximum absolute atomic E-state index is 13.1. The fraction of sp³-hybridized carbons (Fsp3) is 0.294. The molecule has 146 valence electrons. The van der Waals surface area contributed by atoms with Crippen LogP contribution in [0.4, 0.5) is 17.1 Å². The number of non-ortho nitro benzene ring substituents is 1. The molecule has 0 aliphatic carbocycles. The average Bonchev–Trinajstić information content (AvgIpc) is 2.64. The molecule has 0 saturated carbocycles. The molecule has 1 aliphatic rings. The standard InChI is InChI=1S/C17H20N4O4S.ClH/c1-13-2-4-14(5-3-13)19-16-7-6-15(21(22)23)12-17(16)26(24,25)20-10-8-18-9-11-20;/h2-7,12,18-19H,8-11H2,1H3;1H. The first-order chi connectivity index (χ1) is 12.4. The average molecular weight is 413 g/mol. The number of hydrogen-bond donors (Lipinski definition) is 2. The SMILES string of the molecule is Cc1ccc(Nc2ccc([N+](=O)[O-])cc2S(=O)(=O)N2CCNCC2)cc1.Cl. The van der Waals surface area contributed by atoms with Gasteiger partial charge in [0.25, 0.3) is 5.69 Å². The van der Waals surface area contributed by atoms with Gasteiger partial charge in [-0.1, -0.05) is 17.7 Å². The van der Waals surface area contributed by atoms with E-state index in [0.29, 0.717) is 37.6 Å². The Balaban J connectivity index is 0.00000261. The molecule has 0 atom stereocenters.